The van der Waals surface area contributed by atoms with Gasteiger partial charge in [0.15, 0.2) is 16.5 Å². The summed E-state index contributed by atoms with van der Waals surface area (Å²) in [6.45, 7) is 4.83. The summed E-state index contributed by atoms with van der Waals surface area (Å²) < 4.78 is 13.2. The third kappa shape index (κ3) is 3.95. The summed E-state index contributed by atoms with van der Waals surface area (Å²) in [5, 5.41) is 4.99. The van der Waals surface area contributed by atoms with Crippen LogP contribution in [-0.4, -0.2) is 28.5 Å². The van der Waals surface area contributed by atoms with Gasteiger partial charge in [-0.15, -0.1) is 11.3 Å². The van der Waals surface area contributed by atoms with Gasteiger partial charge in [0.25, 0.3) is 5.91 Å². The number of nitrogens with zero attached hydrogens (tertiary/aromatic N) is 2. The first-order valence-electron chi connectivity index (χ1n) is 9.42. The molecule has 7 heteroatoms. The van der Waals surface area contributed by atoms with E-state index in [1.54, 1.807) is 29.5 Å². The molecule has 0 aliphatic rings. The van der Waals surface area contributed by atoms with Crippen molar-refractivity contribution in [2.75, 3.05) is 18.5 Å². The van der Waals surface area contributed by atoms with Gasteiger partial charge in [-0.2, -0.15) is 0 Å². The fourth-order valence-corrected chi connectivity index (χ4v) is 3.76. The molecule has 0 radical (unpaired) electrons. The van der Waals surface area contributed by atoms with E-state index in [0.29, 0.717) is 36.0 Å². The fraction of sp³-hybridized carbons (Fsp3) is 0.182. The van der Waals surface area contributed by atoms with Crippen LogP contribution >= 0.6 is 11.3 Å². The van der Waals surface area contributed by atoms with Crippen molar-refractivity contribution in [2.45, 2.75) is 13.8 Å². The van der Waals surface area contributed by atoms with Gasteiger partial charge in [-0.1, -0.05) is 18.2 Å². The van der Waals surface area contributed by atoms with Crippen molar-refractivity contribution in [3.8, 4) is 22.8 Å². The molecule has 1 amide bonds. The number of nitrogens with one attached hydrogen (secondary N) is 1. The molecule has 0 unspecified atom stereocenters. The van der Waals surface area contributed by atoms with E-state index in [2.05, 4.69) is 10.3 Å². The molecular formula is C22H21N3O3S. The number of para-hydroxylation sites is 1. The summed E-state index contributed by atoms with van der Waals surface area (Å²) in [5.74, 6) is 0.969. The highest BCUT2D eigenvalue weighted by atomic mass is 32.1. The lowest BCUT2D eigenvalue weighted by molar-refractivity contribution is 0.102. The fourth-order valence-electron chi connectivity index (χ4n) is 3.06. The summed E-state index contributed by atoms with van der Waals surface area (Å²) in [4.78, 5) is 18.5. The molecule has 0 spiro atoms. The van der Waals surface area contributed by atoms with Gasteiger partial charge < -0.3 is 14.8 Å². The second kappa shape index (κ2) is 8.36. The number of ether oxygens (including phenoxy) is 2. The molecule has 29 heavy (non-hydrogen) atoms. The molecule has 0 saturated heterocycles. The number of aromatic nitrogens is 2. The molecular weight excluding hydrogens is 386 g/mol. The number of thiazole rings is 1. The number of hydrogen-bond donors (Lipinski definition) is 1. The van der Waals surface area contributed by atoms with Crippen molar-refractivity contribution in [2.24, 2.45) is 0 Å². The van der Waals surface area contributed by atoms with Crippen LogP contribution in [0.15, 0.2) is 60.2 Å². The zero-order valence-corrected chi connectivity index (χ0v) is 17.0. The van der Waals surface area contributed by atoms with E-state index in [4.69, 9.17) is 9.47 Å². The first kappa shape index (κ1) is 19.0. The van der Waals surface area contributed by atoms with E-state index >= 15 is 0 Å². The molecule has 4 rings (SSSR count). The molecule has 0 aliphatic carbocycles. The Kier molecular flexibility index (Phi) is 5.48. The predicted octanol–water partition coefficient (Wildman–Crippen LogP) is 5.11. The SMILES string of the molecule is CCOc1ccc(C(=O)Nc2ccccc2-c2cn3ccsc3n2)cc1OCC. The van der Waals surface area contributed by atoms with Gasteiger partial charge in [-0.3, -0.25) is 9.20 Å². The zero-order valence-electron chi connectivity index (χ0n) is 16.2. The molecule has 148 valence electrons. The second-order valence-electron chi connectivity index (χ2n) is 6.25. The number of carbonyl (C=O) groups excluding carboxylic acids is 1. The molecule has 0 fully saturated rings. The van der Waals surface area contributed by atoms with Crippen molar-refractivity contribution in [3.05, 3.63) is 65.8 Å². The van der Waals surface area contributed by atoms with E-state index in [-0.39, 0.29) is 5.91 Å². The lowest BCUT2D eigenvalue weighted by atomic mass is 10.1. The minimum atomic E-state index is -0.220. The van der Waals surface area contributed by atoms with E-state index in [1.807, 2.05) is 60.3 Å². The van der Waals surface area contributed by atoms with Crippen molar-refractivity contribution in [1.82, 2.24) is 9.38 Å². The predicted molar refractivity (Wildman–Crippen MR) is 115 cm³/mol. The molecule has 2 aromatic carbocycles. The van der Waals surface area contributed by atoms with E-state index in [9.17, 15) is 4.79 Å². The van der Waals surface area contributed by atoms with Gasteiger partial charge in [-0.25, -0.2) is 4.98 Å². The third-order valence-corrected chi connectivity index (χ3v) is 5.12. The highest BCUT2D eigenvalue weighted by Gasteiger charge is 2.15. The Bertz CT molecular complexity index is 1120. The van der Waals surface area contributed by atoms with Crippen molar-refractivity contribution >= 4 is 27.9 Å². The van der Waals surface area contributed by atoms with E-state index in [0.717, 1.165) is 16.2 Å². The molecule has 2 aromatic heterocycles. The maximum atomic E-state index is 12.9. The van der Waals surface area contributed by atoms with Gasteiger partial charge in [0.2, 0.25) is 0 Å². The van der Waals surface area contributed by atoms with E-state index < -0.39 is 0 Å². The van der Waals surface area contributed by atoms with Crippen molar-refractivity contribution in [3.63, 3.8) is 0 Å². The number of imidazole rings is 1. The standard InChI is InChI=1S/C22H21N3O3S/c1-3-27-19-10-9-15(13-20(19)28-4-2)21(26)23-17-8-6-5-7-16(17)18-14-25-11-12-29-22(25)24-18/h5-14H,3-4H2,1-2H3,(H,23,26). The number of benzene rings is 2. The summed E-state index contributed by atoms with van der Waals surface area (Å²) in [7, 11) is 0. The number of carbonyl (C=O) groups is 1. The van der Waals surface area contributed by atoms with Crippen LogP contribution in [0.4, 0.5) is 5.69 Å². The Morgan fingerprint density at radius 3 is 2.69 bits per heavy atom. The first-order chi connectivity index (χ1) is 14.2. The highest BCUT2D eigenvalue weighted by Crippen LogP contribution is 2.31. The van der Waals surface area contributed by atoms with Crippen LogP contribution in [0.25, 0.3) is 16.2 Å². The Balaban J connectivity index is 1.62. The Morgan fingerprint density at radius 1 is 1.10 bits per heavy atom. The van der Waals surface area contributed by atoms with Gasteiger partial charge in [0.05, 0.1) is 24.6 Å². The van der Waals surface area contributed by atoms with Gasteiger partial charge in [-0.05, 0) is 38.1 Å². The first-order valence-corrected chi connectivity index (χ1v) is 10.3. The average molecular weight is 407 g/mol. The number of hydrogen-bond acceptors (Lipinski definition) is 5. The molecule has 0 aliphatic heterocycles. The van der Waals surface area contributed by atoms with Crippen LogP contribution in [0.2, 0.25) is 0 Å². The smallest absolute Gasteiger partial charge is 0.255 e. The van der Waals surface area contributed by atoms with Crippen LogP contribution < -0.4 is 14.8 Å². The lowest BCUT2D eigenvalue weighted by Gasteiger charge is -2.13. The molecule has 2 heterocycles. The van der Waals surface area contributed by atoms with Crippen LogP contribution in [0.3, 0.4) is 0 Å². The minimum Gasteiger partial charge on any atom is -0.490 e. The Hall–Kier alpha value is -3.32. The van der Waals surface area contributed by atoms with Crippen LogP contribution in [0.5, 0.6) is 11.5 Å². The summed E-state index contributed by atoms with van der Waals surface area (Å²) in [5.41, 5.74) is 2.88. The third-order valence-electron chi connectivity index (χ3n) is 4.35. The molecule has 0 saturated carbocycles. The lowest BCUT2D eigenvalue weighted by Crippen LogP contribution is -2.13. The highest BCUT2D eigenvalue weighted by molar-refractivity contribution is 7.15. The number of anilines is 1. The van der Waals surface area contributed by atoms with E-state index in [1.165, 1.54) is 0 Å². The molecule has 4 aromatic rings. The monoisotopic (exact) mass is 407 g/mol. The number of rotatable bonds is 7. The second-order valence-corrected chi connectivity index (χ2v) is 7.12. The molecule has 6 nitrogen and oxygen atoms in total. The zero-order chi connectivity index (χ0) is 20.2. The van der Waals surface area contributed by atoms with Gasteiger partial charge in [0, 0.05) is 28.9 Å². The van der Waals surface area contributed by atoms with Crippen LogP contribution in [-0.2, 0) is 0 Å². The largest absolute Gasteiger partial charge is 0.490 e. The summed E-state index contributed by atoms with van der Waals surface area (Å²) in [6.07, 6.45) is 3.92. The Labute approximate surface area is 172 Å². The van der Waals surface area contributed by atoms with Crippen LogP contribution in [0.1, 0.15) is 24.2 Å². The number of fused-ring (bicyclic) bond motifs is 1. The average Bonchev–Trinajstić information content (AvgIpc) is 3.32. The van der Waals surface area contributed by atoms with Gasteiger partial charge in [0.1, 0.15) is 0 Å². The van der Waals surface area contributed by atoms with Gasteiger partial charge >= 0.3 is 0 Å². The van der Waals surface area contributed by atoms with Crippen molar-refractivity contribution in [1.29, 1.82) is 0 Å². The molecule has 0 atom stereocenters. The van der Waals surface area contributed by atoms with Crippen LogP contribution in [0, 0.1) is 0 Å². The summed E-state index contributed by atoms with van der Waals surface area (Å²) in [6, 6.07) is 12.9. The maximum Gasteiger partial charge on any atom is 0.255 e. The Morgan fingerprint density at radius 2 is 1.90 bits per heavy atom. The quantitative estimate of drug-likeness (QED) is 0.462. The van der Waals surface area contributed by atoms with Crippen molar-refractivity contribution < 1.29 is 14.3 Å². The molecule has 1 N–H and O–H groups in total. The topological polar surface area (TPSA) is 64.9 Å². The normalized spacial score (nSPS) is 10.8. The number of amides is 1. The summed E-state index contributed by atoms with van der Waals surface area (Å²) >= 11 is 1.57. The molecule has 0 bridgehead atoms. The minimum absolute atomic E-state index is 0.220. The maximum absolute atomic E-state index is 12.9.